The fourth-order valence-corrected chi connectivity index (χ4v) is 2.61. The van der Waals surface area contributed by atoms with Crippen molar-refractivity contribution in [3.8, 4) is 0 Å². The molecule has 0 spiro atoms. The molecule has 0 aromatic heterocycles. The highest BCUT2D eigenvalue weighted by Crippen LogP contribution is 2.23. The van der Waals surface area contributed by atoms with Crippen molar-refractivity contribution in [1.29, 1.82) is 0 Å². The van der Waals surface area contributed by atoms with Gasteiger partial charge >= 0.3 is 6.09 Å². The Labute approximate surface area is 154 Å². The zero-order valence-electron chi connectivity index (χ0n) is 15.7. The van der Waals surface area contributed by atoms with Crippen LogP contribution in [0, 0.1) is 0 Å². The Morgan fingerprint density at radius 3 is 2.46 bits per heavy atom. The lowest BCUT2D eigenvalue weighted by Gasteiger charge is -2.29. The molecule has 140 valence electrons. The second kappa shape index (κ2) is 8.51. The van der Waals surface area contributed by atoms with E-state index >= 15 is 0 Å². The number of carbonyl (C=O) groups is 2. The van der Waals surface area contributed by atoms with Crippen molar-refractivity contribution in [2.24, 2.45) is 4.99 Å². The van der Waals surface area contributed by atoms with Crippen LogP contribution in [0.4, 0.5) is 10.5 Å². The number of hydrogen-bond donors (Lipinski definition) is 2. The van der Waals surface area contributed by atoms with E-state index < -0.39 is 11.7 Å². The molecule has 2 rings (SSSR count). The van der Waals surface area contributed by atoms with Gasteiger partial charge in [0.2, 0.25) is 12.4 Å². The number of anilines is 1. The van der Waals surface area contributed by atoms with Crippen LogP contribution in [0.15, 0.2) is 35.3 Å². The minimum absolute atomic E-state index is 0.204. The second-order valence-electron chi connectivity index (χ2n) is 6.94. The summed E-state index contributed by atoms with van der Waals surface area (Å²) in [5.41, 5.74) is 2.84. The molecule has 0 saturated carbocycles. The standard InChI is InChI=1S/C19H26N4O3/c1-19(2,3)26-18(25)22-17(21-13-24)23-11-9-15(10-12-23)14-5-7-16(20-4)8-6-14/h5-9,13,20H,10-12H2,1-4H3,(H,21,22,24,25). The van der Waals surface area contributed by atoms with Gasteiger partial charge in [-0.3, -0.25) is 10.1 Å². The van der Waals surface area contributed by atoms with Crippen LogP contribution in [0.1, 0.15) is 32.8 Å². The normalized spacial score (nSPS) is 15.2. The molecule has 0 unspecified atom stereocenters. The third kappa shape index (κ3) is 5.61. The Hall–Kier alpha value is -2.83. The van der Waals surface area contributed by atoms with Crippen molar-refractivity contribution in [3.05, 3.63) is 35.9 Å². The molecular formula is C19H26N4O3. The Bertz CT molecular complexity index is 702. The van der Waals surface area contributed by atoms with Gasteiger partial charge in [-0.25, -0.2) is 4.79 Å². The molecule has 0 bridgehead atoms. The monoisotopic (exact) mass is 358 g/mol. The predicted octanol–water partition coefficient (Wildman–Crippen LogP) is 2.85. The minimum atomic E-state index is -0.629. The van der Waals surface area contributed by atoms with Crippen molar-refractivity contribution >= 4 is 29.7 Å². The number of aliphatic imine (C=N–C) groups is 1. The highest BCUT2D eigenvalue weighted by molar-refractivity contribution is 5.97. The molecule has 0 radical (unpaired) electrons. The number of benzene rings is 1. The molecule has 7 nitrogen and oxygen atoms in total. The lowest BCUT2D eigenvalue weighted by atomic mass is 9.99. The van der Waals surface area contributed by atoms with Crippen LogP contribution < -0.4 is 10.6 Å². The lowest BCUT2D eigenvalue weighted by molar-refractivity contribution is -0.106. The van der Waals surface area contributed by atoms with Crippen molar-refractivity contribution < 1.29 is 14.3 Å². The van der Waals surface area contributed by atoms with Crippen molar-refractivity contribution in [1.82, 2.24) is 10.2 Å². The molecule has 0 fully saturated rings. The zero-order chi connectivity index (χ0) is 19.2. The fraction of sp³-hybridized carbons (Fsp3) is 0.421. The second-order valence-corrected chi connectivity index (χ2v) is 6.94. The maximum atomic E-state index is 12.0. The number of amides is 2. The summed E-state index contributed by atoms with van der Waals surface area (Å²) in [5, 5.41) is 5.66. The number of hydrogen-bond acceptors (Lipinski definition) is 4. The molecule has 2 amide bonds. The molecular weight excluding hydrogens is 332 g/mol. The molecule has 0 atom stereocenters. The third-order valence-electron chi connectivity index (χ3n) is 3.84. The maximum absolute atomic E-state index is 12.0. The van der Waals surface area contributed by atoms with Crippen LogP contribution in [0.2, 0.25) is 0 Å². The van der Waals surface area contributed by atoms with Crippen LogP contribution in [0.25, 0.3) is 5.57 Å². The van der Waals surface area contributed by atoms with E-state index in [9.17, 15) is 9.59 Å². The molecule has 1 aromatic carbocycles. The molecule has 1 heterocycles. The maximum Gasteiger partial charge on any atom is 0.414 e. The van der Waals surface area contributed by atoms with Gasteiger partial charge in [-0.15, -0.1) is 0 Å². The molecule has 1 aliphatic heterocycles. The first-order valence-electron chi connectivity index (χ1n) is 8.56. The minimum Gasteiger partial charge on any atom is -0.444 e. The first-order valence-corrected chi connectivity index (χ1v) is 8.56. The average molecular weight is 358 g/mol. The van der Waals surface area contributed by atoms with Gasteiger partial charge in [0.1, 0.15) is 5.60 Å². The van der Waals surface area contributed by atoms with Crippen LogP contribution in [-0.4, -0.2) is 49.1 Å². The van der Waals surface area contributed by atoms with E-state index in [1.165, 1.54) is 5.57 Å². The summed E-state index contributed by atoms with van der Waals surface area (Å²) >= 11 is 0. The van der Waals surface area contributed by atoms with E-state index in [-0.39, 0.29) is 5.96 Å². The Morgan fingerprint density at radius 1 is 1.27 bits per heavy atom. The van der Waals surface area contributed by atoms with E-state index in [2.05, 4.69) is 33.8 Å². The number of nitrogens with zero attached hydrogens (tertiary/aromatic N) is 2. The third-order valence-corrected chi connectivity index (χ3v) is 3.84. The summed E-state index contributed by atoms with van der Waals surface area (Å²) in [5.74, 6) is 0.204. The zero-order valence-corrected chi connectivity index (χ0v) is 15.7. The summed E-state index contributed by atoms with van der Waals surface area (Å²) in [7, 11) is 1.89. The molecule has 7 heteroatoms. The smallest absolute Gasteiger partial charge is 0.414 e. The fourth-order valence-electron chi connectivity index (χ4n) is 2.61. The first-order chi connectivity index (χ1) is 12.3. The van der Waals surface area contributed by atoms with E-state index in [4.69, 9.17) is 4.74 Å². The number of ether oxygens (including phenoxy) is 1. The van der Waals surface area contributed by atoms with Crippen molar-refractivity contribution in [2.75, 3.05) is 25.5 Å². The number of rotatable bonds is 3. The van der Waals surface area contributed by atoms with Gasteiger partial charge in [-0.05, 0) is 50.5 Å². The summed E-state index contributed by atoms with van der Waals surface area (Å²) in [6, 6.07) is 8.22. The number of alkyl carbamates (subject to hydrolysis) is 1. The van der Waals surface area contributed by atoms with E-state index in [1.54, 1.807) is 20.8 Å². The van der Waals surface area contributed by atoms with Crippen molar-refractivity contribution in [3.63, 3.8) is 0 Å². The quantitative estimate of drug-likeness (QED) is 0.493. The highest BCUT2D eigenvalue weighted by atomic mass is 16.6. The summed E-state index contributed by atoms with van der Waals surface area (Å²) in [6.07, 6.45) is 2.65. The van der Waals surface area contributed by atoms with E-state index in [0.717, 1.165) is 17.7 Å². The summed E-state index contributed by atoms with van der Waals surface area (Å²) < 4.78 is 5.22. The van der Waals surface area contributed by atoms with Gasteiger partial charge in [-0.2, -0.15) is 4.99 Å². The van der Waals surface area contributed by atoms with Gasteiger partial charge in [0.05, 0.1) is 0 Å². The van der Waals surface area contributed by atoms with Gasteiger partial charge in [0, 0.05) is 25.8 Å². The summed E-state index contributed by atoms with van der Waals surface area (Å²) in [6.45, 7) is 6.52. The Morgan fingerprint density at radius 2 is 1.96 bits per heavy atom. The highest BCUT2D eigenvalue weighted by Gasteiger charge is 2.22. The van der Waals surface area contributed by atoms with E-state index in [1.807, 2.05) is 24.1 Å². The lowest BCUT2D eigenvalue weighted by Crippen LogP contribution is -2.47. The van der Waals surface area contributed by atoms with Gasteiger partial charge in [0.15, 0.2) is 0 Å². The predicted molar refractivity (Wildman–Crippen MR) is 103 cm³/mol. The number of guanidine groups is 1. The summed E-state index contributed by atoms with van der Waals surface area (Å²) in [4.78, 5) is 28.4. The van der Waals surface area contributed by atoms with Crippen LogP contribution >= 0.6 is 0 Å². The van der Waals surface area contributed by atoms with Crippen LogP contribution in [0.3, 0.4) is 0 Å². The van der Waals surface area contributed by atoms with E-state index in [0.29, 0.717) is 19.5 Å². The topological polar surface area (TPSA) is 83.0 Å². The molecule has 0 saturated heterocycles. The van der Waals surface area contributed by atoms with Crippen molar-refractivity contribution in [2.45, 2.75) is 32.8 Å². The SMILES string of the molecule is CNc1ccc(C2=CCN(C(=NC=O)NC(=O)OC(C)(C)C)CC2)cc1. The Kier molecular flexibility index (Phi) is 6.38. The van der Waals surface area contributed by atoms with Gasteiger partial charge in [0.25, 0.3) is 0 Å². The molecule has 1 aliphatic rings. The number of nitrogens with one attached hydrogen (secondary N) is 2. The average Bonchev–Trinajstić information content (AvgIpc) is 2.60. The largest absolute Gasteiger partial charge is 0.444 e. The Balaban J connectivity index is 2.04. The molecule has 26 heavy (non-hydrogen) atoms. The number of carbonyl (C=O) groups excluding carboxylic acids is 2. The van der Waals surface area contributed by atoms with Gasteiger partial charge < -0.3 is 15.0 Å². The molecule has 1 aromatic rings. The van der Waals surface area contributed by atoms with Crippen LogP contribution in [0.5, 0.6) is 0 Å². The molecule has 0 aliphatic carbocycles. The van der Waals surface area contributed by atoms with Crippen LogP contribution in [-0.2, 0) is 9.53 Å². The first kappa shape index (κ1) is 19.5. The van der Waals surface area contributed by atoms with Gasteiger partial charge in [-0.1, -0.05) is 18.2 Å². The molecule has 2 N–H and O–H groups in total.